The smallest absolute Gasteiger partial charge is 0.326 e. The Kier molecular flexibility index (Phi) is 6.53. The van der Waals surface area contributed by atoms with Crippen molar-refractivity contribution in [3.8, 4) is 11.3 Å². The summed E-state index contributed by atoms with van der Waals surface area (Å²) in [5.41, 5.74) is 1.51. The summed E-state index contributed by atoms with van der Waals surface area (Å²) < 4.78 is 39.7. The summed E-state index contributed by atoms with van der Waals surface area (Å²) in [5, 5.41) is 2.74. The molecule has 1 heterocycles. The first-order chi connectivity index (χ1) is 13.8. The van der Waals surface area contributed by atoms with Gasteiger partial charge < -0.3 is 5.32 Å². The van der Waals surface area contributed by atoms with Gasteiger partial charge in [-0.1, -0.05) is 59.8 Å². The first kappa shape index (κ1) is 20.9. The molecule has 3 rings (SSSR count). The average Bonchev–Trinajstić information content (AvgIpc) is 2.69. The van der Waals surface area contributed by atoms with E-state index >= 15 is 0 Å². The van der Waals surface area contributed by atoms with Gasteiger partial charge in [0.2, 0.25) is 5.91 Å². The van der Waals surface area contributed by atoms with Crippen LogP contribution in [0.2, 0.25) is 0 Å². The van der Waals surface area contributed by atoms with Gasteiger partial charge in [-0.15, -0.1) is 0 Å². The summed E-state index contributed by atoms with van der Waals surface area (Å²) in [6, 6.07) is 16.9. The van der Waals surface area contributed by atoms with Crippen molar-refractivity contribution in [2.24, 2.45) is 0 Å². The van der Waals surface area contributed by atoms with Crippen LogP contribution in [-0.2, 0) is 11.0 Å². The Morgan fingerprint density at radius 3 is 2.38 bits per heavy atom. The summed E-state index contributed by atoms with van der Waals surface area (Å²) in [7, 11) is 0. The molecule has 0 spiro atoms. The Hall–Kier alpha value is -2.87. The van der Waals surface area contributed by atoms with Gasteiger partial charge in [0, 0.05) is 23.4 Å². The molecule has 0 saturated heterocycles. The normalized spacial score (nSPS) is 11.3. The molecule has 1 amide bonds. The lowest BCUT2D eigenvalue weighted by Gasteiger charge is -2.10. The monoisotopic (exact) mass is 417 g/mol. The van der Waals surface area contributed by atoms with Crippen molar-refractivity contribution in [2.45, 2.75) is 24.7 Å². The molecule has 8 heteroatoms. The van der Waals surface area contributed by atoms with E-state index in [2.05, 4.69) is 15.3 Å². The topological polar surface area (TPSA) is 54.9 Å². The van der Waals surface area contributed by atoms with Crippen molar-refractivity contribution < 1.29 is 18.0 Å². The van der Waals surface area contributed by atoms with E-state index in [1.807, 2.05) is 19.1 Å². The summed E-state index contributed by atoms with van der Waals surface area (Å²) in [6.07, 6.45) is -4.45. The third-order valence-corrected chi connectivity index (χ3v) is 4.81. The third-order valence-electron chi connectivity index (χ3n) is 3.96. The fourth-order valence-corrected chi connectivity index (χ4v) is 3.28. The molecule has 0 atom stereocenters. The predicted octanol–water partition coefficient (Wildman–Crippen LogP) is 5.59. The number of thioether (sulfide) groups is 1. The van der Waals surface area contributed by atoms with Crippen LogP contribution in [0.1, 0.15) is 17.7 Å². The van der Waals surface area contributed by atoms with Crippen LogP contribution in [0.5, 0.6) is 0 Å². The molecule has 29 heavy (non-hydrogen) atoms. The Morgan fingerprint density at radius 2 is 1.72 bits per heavy atom. The number of nitrogens with zero attached hydrogens (tertiary/aromatic N) is 2. The molecule has 0 aliphatic heterocycles. The van der Waals surface area contributed by atoms with Gasteiger partial charge in [-0.05, 0) is 25.1 Å². The van der Waals surface area contributed by atoms with E-state index in [9.17, 15) is 18.0 Å². The zero-order chi connectivity index (χ0) is 20.9. The Balaban J connectivity index is 1.68. The number of hydrogen-bond acceptors (Lipinski definition) is 4. The fraction of sp³-hybridized carbons (Fsp3) is 0.190. The second kappa shape index (κ2) is 9.09. The minimum atomic E-state index is -4.58. The van der Waals surface area contributed by atoms with Gasteiger partial charge in [0.1, 0.15) is 5.69 Å². The molecule has 0 radical (unpaired) electrons. The van der Waals surface area contributed by atoms with Crippen LogP contribution in [0, 0.1) is 6.92 Å². The maximum atomic E-state index is 13.2. The molecule has 0 fully saturated rings. The number of halogens is 3. The number of alkyl halides is 3. The van der Waals surface area contributed by atoms with Crippen molar-refractivity contribution in [3.05, 3.63) is 71.9 Å². The Morgan fingerprint density at radius 1 is 1.03 bits per heavy atom. The van der Waals surface area contributed by atoms with Crippen molar-refractivity contribution in [2.75, 3.05) is 11.1 Å². The average molecular weight is 417 g/mol. The van der Waals surface area contributed by atoms with Crippen molar-refractivity contribution in [1.82, 2.24) is 9.97 Å². The predicted molar refractivity (Wildman–Crippen MR) is 108 cm³/mol. The number of aryl methyl sites for hydroxylation is 1. The molecular weight excluding hydrogens is 399 g/mol. The van der Waals surface area contributed by atoms with Gasteiger partial charge in [-0.3, -0.25) is 4.79 Å². The highest BCUT2D eigenvalue weighted by atomic mass is 32.2. The van der Waals surface area contributed by atoms with Gasteiger partial charge in [0.25, 0.3) is 0 Å². The largest absolute Gasteiger partial charge is 0.433 e. The van der Waals surface area contributed by atoms with Crippen LogP contribution in [0.4, 0.5) is 18.9 Å². The van der Waals surface area contributed by atoms with Gasteiger partial charge in [0.05, 0.1) is 5.69 Å². The van der Waals surface area contributed by atoms with Gasteiger partial charge in [0.15, 0.2) is 5.16 Å². The molecule has 150 valence electrons. The highest BCUT2D eigenvalue weighted by Gasteiger charge is 2.33. The zero-order valence-electron chi connectivity index (χ0n) is 15.5. The third kappa shape index (κ3) is 6.05. The van der Waals surface area contributed by atoms with Crippen molar-refractivity contribution >= 4 is 23.4 Å². The molecule has 0 saturated carbocycles. The van der Waals surface area contributed by atoms with E-state index in [0.717, 1.165) is 23.4 Å². The number of benzene rings is 2. The molecule has 0 aliphatic carbocycles. The minimum Gasteiger partial charge on any atom is -0.326 e. The Labute approximate surface area is 170 Å². The lowest BCUT2D eigenvalue weighted by Crippen LogP contribution is -2.13. The van der Waals surface area contributed by atoms with Crippen LogP contribution in [0.25, 0.3) is 11.3 Å². The van der Waals surface area contributed by atoms with E-state index in [-0.39, 0.29) is 28.9 Å². The van der Waals surface area contributed by atoms with E-state index in [1.165, 1.54) is 0 Å². The molecule has 0 aliphatic rings. The van der Waals surface area contributed by atoms with Crippen LogP contribution in [-0.4, -0.2) is 21.6 Å². The molecule has 4 nitrogen and oxygen atoms in total. The maximum Gasteiger partial charge on any atom is 0.433 e. The quantitative estimate of drug-likeness (QED) is 0.420. The summed E-state index contributed by atoms with van der Waals surface area (Å²) in [5.74, 6) is 0.0318. The highest BCUT2D eigenvalue weighted by Crippen LogP contribution is 2.32. The first-order valence-electron chi connectivity index (χ1n) is 8.82. The molecule has 1 N–H and O–H groups in total. The summed E-state index contributed by atoms with van der Waals surface area (Å²) in [4.78, 5) is 19.9. The summed E-state index contributed by atoms with van der Waals surface area (Å²) >= 11 is 1.02. The zero-order valence-corrected chi connectivity index (χ0v) is 16.3. The molecular formula is C21H18F3N3OS. The lowest BCUT2D eigenvalue weighted by atomic mass is 10.1. The number of amides is 1. The number of nitrogens with one attached hydrogen (secondary N) is 1. The van der Waals surface area contributed by atoms with Crippen molar-refractivity contribution in [1.29, 1.82) is 0 Å². The number of anilines is 1. The first-order valence-corrected chi connectivity index (χ1v) is 9.81. The maximum absolute atomic E-state index is 13.2. The number of aromatic nitrogens is 2. The van der Waals surface area contributed by atoms with Crippen LogP contribution >= 0.6 is 11.8 Å². The van der Waals surface area contributed by atoms with E-state index in [0.29, 0.717) is 11.3 Å². The van der Waals surface area contributed by atoms with Gasteiger partial charge in [-0.2, -0.15) is 13.2 Å². The van der Waals surface area contributed by atoms with Crippen LogP contribution in [0.3, 0.4) is 0 Å². The van der Waals surface area contributed by atoms with E-state index in [4.69, 9.17) is 0 Å². The minimum absolute atomic E-state index is 0.0122. The van der Waals surface area contributed by atoms with Gasteiger partial charge >= 0.3 is 6.18 Å². The number of carbonyl (C=O) groups is 1. The second-order valence-electron chi connectivity index (χ2n) is 6.30. The molecule has 2 aromatic carbocycles. The van der Waals surface area contributed by atoms with Crippen molar-refractivity contribution in [3.63, 3.8) is 0 Å². The fourth-order valence-electron chi connectivity index (χ4n) is 2.49. The van der Waals surface area contributed by atoms with Gasteiger partial charge in [-0.25, -0.2) is 9.97 Å². The lowest BCUT2D eigenvalue weighted by molar-refractivity contribution is -0.141. The number of rotatable bonds is 6. The molecule has 0 unspecified atom stereocenters. The number of hydrogen-bond donors (Lipinski definition) is 1. The molecule has 0 bridgehead atoms. The molecule has 3 aromatic rings. The standard InChI is InChI=1S/C21H18F3N3OS/c1-14-7-9-16(10-8-14)25-19(28)11-12-29-20-26-17(15-5-3-2-4-6-15)13-18(27-20)21(22,23)24/h2-10,13H,11-12H2,1H3,(H,25,28). The van der Waals surface area contributed by atoms with Crippen LogP contribution < -0.4 is 5.32 Å². The van der Waals surface area contributed by atoms with E-state index in [1.54, 1.807) is 42.5 Å². The second-order valence-corrected chi connectivity index (χ2v) is 7.36. The number of carbonyl (C=O) groups excluding carboxylic acids is 1. The highest BCUT2D eigenvalue weighted by molar-refractivity contribution is 7.99. The SMILES string of the molecule is Cc1ccc(NC(=O)CCSc2nc(-c3ccccc3)cc(C(F)(F)F)n2)cc1. The Bertz CT molecular complexity index is 977. The van der Waals surface area contributed by atoms with Crippen LogP contribution in [0.15, 0.2) is 65.8 Å². The molecule has 1 aromatic heterocycles. The summed E-state index contributed by atoms with van der Waals surface area (Å²) in [6.45, 7) is 1.95. The van der Waals surface area contributed by atoms with E-state index < -0.39 is 11.9 Å².